The van der Waals surface area contributed by atoms with E-state index in [1.54, 1.807) is 0 Å². The van der Waals surface area contributed by atoms with Gasteiger partial charge in [-0.05, 0) is 64.1 Å². The largest absolute Gasteiger partial charge is 0.369 e. The fourth-order valence-corrected chi connectivity index (χ4v) is 3.79. The third kappa shape index (κ3) is 6.49. The highest BCUT2D eigenvalue weighted by Gasteiger charge is 2.30. The predicted molar refractivity (Wildman–Crippen MR) is 104 cm³/mol. The number of nitrogens with one attached hydrogen (secondary N) is 1. The van der Waals surface area contributed by atoms with Crippen LogP contribution in [-0.4, -0.2) is 67.5 Å². The molecule has 0 aromatic carbocycles. The van der Waals surface area contributed by atoms with Crippen molar-refractivity contribution < 1.29 is 4.79 Å². The molecular weight excluding hydrogens is 314 g/mol. The number of nitrogens with two attached hydrogens (primary N) is 1. The summed E-state index contributed by atoms with van der Waals surface area (Å²) in [6.07, 6.45) is 5.35. The Hall–Kier alpha value is -1.30. The van der Waals surface area contributed by atoms with Crippen LogP contribution in [0.3, 0.4) is 0 Å². The molecule has 2 rings (SSSR count). The molecule has 0 unspecified atom stereocenters. The highest BCUT2D eigenvalue weighted by atomic mass is 16.1. The van der Waals surface area contributed by atoms with Crippen LogP contribution in [0.1, 0.15) is 52.9 Å². The van der Waals surface area contributed by atoms with Crippen LogP contribution >= 0.6 is 0 Å². The van der Waals surface area contributed by atoms with Crippen LogP contribution in [0.25, 0.3) is 0 Å². The van der Waals surface area contributed by atoms with E-state index in [0.29, 0.717) is 5.41 Å². The topological polar surface area (TPSA) is 74.0 Å². The Labute approximate surface area is 153 Å². The highest BCUT2D eigenvalue weighted by molar-refractivity contribution is 5.80. The first kappa shape index (κ1) is 20.0. The predicted octanol–water partition coefficient (Wildman–Crippen LogP) is 1.66. The molecule has 0 aromatic rings. The molecule has 2 fully saturated rings. The van der Waals surface area contributed by atoms with Crippen molar-refractivity contribution in [3.63, 3.8) is 0 Å². The molecule has 25 heavy (non-hydrogen) atoms. The minimum absolute atomic E-state index is 0.0910. The van der Waals surface area contributed by atoms with Crippen LogP contribution in [0.2, 0.25) is 0 Å². The van der Waals surface area contributed by atoms with Crippen molar-refractivity contribution in [3.05, 3.63) is 0 Å². The first-order valence-corrected chi connectivity index (χ1v) is 9.96. The smallest absolute Gasteiger partial charge is 0.220 e. The van der Waals surface area contributed by atoms with Gasteiger partial charge in [0, 0.05) is 32.1 Å². The summed E-state index contributed by atoms with van der Waals surface area (Å²) in [4.78, 5) is 20.9. The summed E-state index contributed by atoms with van der Waals surface area (Å²) < 4.78 is 0. The molecule has 1 amide bonds. The van der Waals surface area contributed by atoms with Gasteiger partial charge in [0.25, 0.3) is 0 Å². The zero-order valence-corrected chi connectivity index (χ0v) is 16.4. The quantitative estimate of drug-likeness (QED) is 0.416. The number of primary amides is 1. The number of rotatable bonds is 7. The Morgan fingerprint density at radius 1 is 1.24 bits per heavy atom. The molecule has 2 heterocycles. The number of likely N-dealkylation sites (tertiary alicyclic amines) is 2. The molecule has 0 atom stereocenters. The number of hydrogen-bond donors (Lipinski definition) is 2. The van der Waals surface area contributed by atoms with Gasteiger partial charge in [-0.25, -0.2) is 0 Å². The average molecular weight is 352 g/mol. The lowest BCUT2D eigenvalue weighted by Crippen LogP contribution is -2.41. The number of guanidine groups is 1. The number of piperidine rings is 1. The molecule has 0 aliphatic carbocycles. The number of hydrogen-bond acceptors (Lipinski definition) is 3. The van der Waals surface area contributed by atoms with Gasteiger partial charge in [-0.2, -0.15) is 0 Å². The van der Waals surface area contributed by atoms with Crippen molar-refractivity contribution in [1.29, 1.82) is 0 Å². The number of nitrogens with zero attached hydrogens (tertiary/aromatic N) is 3. The van der Waals surface area contributed by atoms with Gasteiger partial charge in [-0.3, -0.25) is 9.79 Å². The Bertz CT molecular complexity index is 455. The van der Waals surface area contributed by atoms with E-state index in [4.69, 9.17) is 10.7 Å². The van der Waals surface area contributed by atoms with E-state index < -0.39 is 0 Å². The third-order valence-electron chi connectivity index (χ3n) is 5.45. The maximum Gasteiger partial charge on any atom is 0.220 e. The molecule has 144 valence electrons. The molecule has 3 N–H and O–H groups in total. The van der Waals surface area contributed by atoms with E-state index in [9.17, 15) is 4.79 Å². The first-order chi connectivity index (χ1) is 11.9. The van der Waals surface area contributed by atoms with Crippen molar-refractivity contribution in [2.45, 2.75) is 52.9 Å². The summed E-state index contributed by atoms with van der Waals surface area (Å²) in [5.41, 5.74) is 5.79. The lowest BCUT2D eigenvalue weighted by molar-refractivity contribution is -0.123. The monoisotopic (exact) mass is 351 g/mol. The fourth-order valence-electron chi connectivity index (χ4n) is 3.79. The molecule has 2 aliphatic rings. The number of aliphatic imine (C=N–C) groups is 1. The SMILES string of the molecule is CCNC(=NCCCCN1CCC(C(N)=O)CC1)N1CCC(C)(C)C1. The highest BCUT2D eigenvalue weighted by Crippen LogP contribution is 2.28. The summed E-state index contributed by atoms with van der Waals surface area (Å²) in [5, 5.41) is 3.44. The van der Waals surface area contributed by atoms with E-state index in [-0.39, 0.29) is 11.8 Å². The average Bonchev–Trinajstić information content (AvgIpc) is 2.94. The van der Waals surface area contributed by atoms with Crippen LogP contribution in [0.15, 0.2) is 4.99 Å². The zero-order valence-electron chi connectivity index (χ0n) is 16.4. The Kier molecular flexibility index (Phi) is 7.54. The van der Waals surface area contributed by atoms with Gasteiger partial charge in [0.2, 0.25) is 5.91 Å². The number of amides is 1. The van der Waals surface area contributed by atoms with Gasteiger partial charge in [-0.15, -0.1) is 0 Å². The second-order valence-corrected chi connectivity index (χ2v) is 8.30. The molecule has 6 nitrogen and oxygen atoms in total. The van der Waals surface area contributed by atoms with E-state index in [1.165, 1.54) is 6.42 Å². The maximum atomic E-state index is 11.2. The summed E-state index contributed by atoms with van der Waals surface area (Å²) in [5.74, 6) is 1.04. The Morgan fingerprint density at radius 2 is 1.96 bits per heavy atom. The normalized spacial score (nSPS) is 22.4. The molecule has 0 spiro atoms. The minimum Gasteiger partial charge on any atom is -0.369 e. The molecule has 0 bridgehead atoms. The van der Waals surface area contributed by atoms with Gasteiger partial charge < -0.3 is 20.9 Å². The number of carbonyl (C=O) groups is 1. The molecule has 0 radical (unpaired) electrons. The van der Waals surface area contributed by atoms with Crippen LogP contribution in [0.4, 0.5) is 0 Å². The minimum atomic E-state index is -0.130. The molecule has 0 aromatic heterocycles. The van der Waals surface area contributed by atoms with Crippen LogP contribution in [-0.2, 0) is 4.79 Å². The lowest BCUT2D eigenvalue weighted by atomic mass is 9.93. The van der Waals surface area contributed by atoms with Gasteiger partial charge in [0.05, 0.1) is 0 Å². The van der Waals surface area contributed by atoms with E-state index in [1.807, 2.05) is 0 Å². The first-order valence-electron chi connectivity index (χ1n) is 9.96. The molecule has 2 saturated heterocycles. The fraction of sp³-hybridized carbons (Fsp3) is 0.895. The lowest BCUT2D eigenvalue weighted by Gasteiger charge is -2.30. The summed E-state index contributed by atoms with van der Waals surface area (Å²) in [6.45, 7) is 13.9. The van der Waals surface area contributed by atoms with Gasteiger partial charge in [-0.1, -0.05) is 13.8 Å². The molecular formula is C19H37N5O. The molecule has 6 heteroatoms. The van der Waals surface area contributed by atoms with Gasteiger partial charge >= 0.3 is 0 Å². The van der Waals surface area contributed by atoms with Crippen LogP contribution in [0, 0.1) is 11.3 Å². The van der Waals surface area contributed by atoms with Crippen molar-refractivity contribution in [2.75, 3.05) is 45.8 Å². The standard InChI is InChI=1S/C19H37N5O/c1-4-21-18(24-14-9-19(2,3)15-24)22-10-5-6-11-23-12-7-16(8-13-23)17(20)25/h16H,4-15H2,1-3H3,(H2,20,25)(H,21,22). The molecule has 2 aliphatic heterocycles. The van der Waals surface area contributed by atoms with E-state index in [0.717, 1.165) is 77.5 Å². The number of unbranched alkanes of at least 4 members (excludes halogenated alkanes) is 1. The second kappa shape index (κ2) is 9.41. The number of carbonyl (C=O) groups excluding carboxylic acids is 1. The Balaban J connectivity index is 1.66. The van der Waals surface area contributed by atoms with E-state index in [2.05, 4.69) is 35.9 Å². The summed E-state index contributed by atoms with van der Waals surface area (Å²) in [7, 11) is 0. The zero-order chi connectivity index (χ0) is 18.3. The van der Waals surface area contributed by atoms with Crippen molar-refractivity contribution in [2.24, 2.45) is 22.1 Å². The maximum absolute atomic E-state index is 11.2. The summed E-state index contributed by atoms with van der Waals surface area (Å²) >= 11 is 0. The third-order valence-corrected chi connectivity index (χ3v) is 5.45. The van der Waals surface area contributed by atoms with Gasteiger partial charge in [0.1, 0.15) is 0 Å². The molecule has 0 saturated carbocycles. The van der Waals surface area contributed by atoms with Crippen molar-refractivity contribution >= 4 is 11.9 Å². The van der Waals surface area contributed by atoms with Crippen LogP contribution in [0.5, 0.6) is 0 Å². The van der Waals surface area contributed by atoms with Crippen molar-refractivity contribution in [1.82, 2.24) is 15.1 Å². The van der Waals surface area contributed by atoms with Crippen molar-refractivity contribution in [3.8, 4) is 0 Å². The summed E-state index contributed by atoms with van der Waals surface area (Å²) in [6, 6.07) is 0. The van der Waals surface area contributed by atoms with Crippen LogP contribution < -0.4 is 11.1 Å². The second-order valence-electron chi connectivity index (χ2n) is 8.30. The van der Waals surface area contributed by atoms with Gasteiger partial charge in [0.15, 0.2) is 5.96 Å². The Morgan fingerprint density at radius 3 is 2.52 bits per heavy atom. The van der Waals surface area contributed by atoms with E-state index >= 15 is 0 Å².